The van der Waals surface area contributed by atoms with E-state index in [2.05, 4.69) is 21.2 Å². The zero-order chi connectivity index (χ0) is 15.6. The zero-order valence-corrected chi connectivity index (χ0v) is 13.6. The third kappa shape index (κ3) is 3.83. The molecule has 2 N–H and O–H groups in total. The Morgan fingerprint density at radius 3 is 2.48 bits per heavy atom. The van der Waals surface area contributed by atoms with Crippen LogP contribution in [-0.2, 0) is 9.59 Å². The molecule has 114 valence electrons. The van der Waals surface area contributed by atoms with Crippen LogP contribution in [0.15, 0.2) is 28.7 Å². The van der Waals surface area contributed by atoms with Crippen LogP contribution in [0.5, 0.6) is 0 Å². The molecule has 1 amide bonds. The number of benzene rings is 1. The fourth-order valence-corrected chi connectivity index (χ4v) is 2.85. The van der Waals surface area contributed by atoms with Gasteiger partial charge in [0.1, 0.15) is 0 Å². The Labute approximate surface area is 132 Å². The molecular weight excluding hydrogens is 336 g/mol. The fraction of sp³-hybridized carbons (Fsp3) is 0.467. The highest BCUT2D eigenvalue weighted by Crippen LogP contribution is 2.25. The summed E-state index contributed by atoms with van der Waals surface area (Å²) in [5, 5.41) is 12.0. The van der Waals surface area contributed by atoms with E-state index in [4.69, 9.17) is 5.11 Å². The van der Waals surface area contributed by atoms with E-state index >= 15 is 0 Å². The minimum Gasteiger partial charge on any atom is -0.481 e. The van der Waals surface area contributed by atoms with E-state index in [9.17, 15) is 9.59 Å². The molecule has 0 aromatic heterocycles. The van der Waals surface area contributed by atoms with Gasteiger partial charge in [0.25, 0.3) is 0 Å². The Bertz CT molecular complexity index is 532. The molecule has 1 heterocycles. The normalized spacial score (nSPS) is 23.8. The minimum atomic E-state index is -0.787. The number of anilines is 1. The van der Waals surface area contributed by atoms with Crippen LogP contribution in [0.3, 0.4) is 0 Å². The molecule has 2 rings (SSSR count). The maximum Gasteiger partial charge on any atom is 0.308 e. The largest absolute Gasteiger partial charge is 0.481 e. The quantitative estimate of drug-likeness (QED) is 0.871. The SMILES string of the molecule is CC(C(=O)Nc1ccc(Br)cc1)N1C[C@@H](C)[C@H](C(=O)O)C1. The molecule has 1 saturated heterocycles. The molecule has 6 heteroatoms. The van der Waals surface area contributed by atoms with Crippen molar-refractivity contribution in [3.63, 3.8) is 0 Å². The van der Waals surface area contributed by atoms with Gasteiger partial charge in [0.15, 0.2) is 0 Å². The van der Waals surface area contributed by atoms with Gasteiger partial charge in [-0.2, -0.15) is 0 Å². The lowest BCUT2D eigenvalue weighted by atomic mass is 9.99. The van der Waals surface area contributed by atoms with Crippen molar-refractivity contribution in [2.75, 3.05) is 18.4 Å². The molecule has 1 unspecified atom stereocenters. The van der Waals surface area contributed by atoms with Crippen molar-refractivity contribution < 1.29 is 14.7 Å². The van der Waals surface area contributed by atoms with E-state index in [1.807, 2.05) is 43.0 Å². The lowest BCUT2D eigenvalue weighted by Gasteiger charge is -2.23. The number of carbonyl (C=O) groups excluding carboxylic acids is 1. The topological polar surface area (TPSA) is 69.6 Å². The van der Waals surface area contributed by atoms with Crippen LogP contribution in [0.25, 0.3) is 0 Å². The smallest absolute Gasteiger partial charge is 0.308 e. The molecule has 5 nitrogen and oxygen atoms in total. The van der Waals surface area contributed by atoms with E-state index in [1.165, 1.54) is 0 Å². The predicted molar refractivity (Wildman–Crippen MR) is 84.1 cm³/mol. The fourth-order valence-electron chi connectivity index (χ4n) is 2.59. The Morgan fingerprint density at radius 2 is 1.95 bits per heavy atom. The summed E-state index contributed by atoms with van der Waals surface area (Å²) in [6, 6.07) is 7.01. The van der Waals surface area contributed by atoms with Gasteiger partial charge in [-0.1, -0.05) is 22.9 Å². The van der Waals surface area contributed by atoms with Gasteiger partial charge in [-0.25, -0.2) is 0 Å². The number of hydrogen-bond acceptors (Lipinski definition) is 3. The van der Waals surface area contributed by atoms with Gasteiger partial charge in [0.2, 0.25) is 5.91 Å². The summed E-state index contributed by atoms with van der Waals surface area (Å²) in [6.45, 7) is 4.78. The van der Waals surface area contributed by atoms with Crippen molar-refractivity contribution in [3.8, 4) is 0 Å². The summed E-state index contributed by atoms with van der Waals surface area (Å²) in [5.74, 6) is -1.24. The zero-order valence-electron chi connectivity index (χ0n) is 12.0. The van der Waals surface area contributed by atoms with Gasteiger partial charge in [0.05, 0.1) is 12.0 Å². The van der Waals surface area contributed by atoms with E-state index in [1.54, 1.807) is 0 Å². The predicted octanol–water partition coefficient (Wildman–Crippen LogP) is 2.43. The molecule has 0 radical (unpaired) electrons. The summed E-state index contributed by atoms with van der Waals surface area (Å²) in [5.41, 5.74) is 0.733. The molecule has 0 spiro atoms. The number of likely N-dealkylation sites (tertiary alicyclic amines) is 1. The van der Waals surface area contributed by atoms with E-state index in [-0.39, 0.29) is 17.9 Å². The number of aliphatic carboxylic acids is 1. The highest BCUT2D eigenvalue weighted by molar-refractivity contribution is 9.10. The van der Waals surface area contributed by atoms with Crippen LogP contribution in [-0.4, -0.2) is 41.0 Å². The molecule has 3 atom stereocenters. The van der Waals surface area contributed by atoms with Crippen molar-refractivity contribution in [2.24, 2.45) is 11.8 Å². The summed E-state index contributed by atoms with van der Waals surface area (Å²) in [6.07, 6.45) is 0. The van der Waals surface area contributed by atoms with Gasteiger partial charge < -0.3 is 10.4 Å². The molecule has 1 aromatic rings. The summed E-state index contributed by atoms with van der Waals surface area (Å²) < 4.78 is 0.950. The van der Waals surface area contributed by atoms with Gasteiger partial charge in [-0.15, -0.1) is 0 Å². The lowest BCUT2D eigenvalue weighted by molar-refractivity contribution is -0.142. The monoisotopic (exact) mass is 354 g/mol. The van der Waals surface area contributed by atoms with Gasteiger partial charge >= 0.3 is 5.97 Å². The average molecular weight is 355 g/mol. The maximum absolute atomic E-state index is 12.3. The average Bonchev–Trinajstić information content (AvgIpc) is 2.82. The number of carboxylic acids is 1. The van der Waals surface area contributed by atoms with Gasteiger partial charge in [-0.05, 0) is 37.1 Å². The first kappa shape index (κ1) is 16.0. The summed E-state index contributed by atoms with van der Waals surface area (Å²) in [4.78, 5) is 25.3. The van der Waals surface area contributed by atoms with Crippen LogP contribution in [0.1, 0.15) is 13.8 Å². The van der Waals surface area contributed by atoms with Crippen molar-refractivity contribution in [1.82, 2.24) is 4.90 Å². The molecular formula is C15H19BrN2O3. The van der Waals surface area contributed by atoms with Gasteiger partial charge in [0, 0.05) is 23.2 Å². The van der Waals surface area contributed by atoms with Crippen molar-refractivity contribution in [2.45, 2.75) is 19.9 Å². The Hall–Kier alpha value is -1.40. The standard InChI is InChI=1S/C15H19BrN2O3/c1-9-7-18(8-13(9)15(20)21)10(2)14(19)17-12-5-3-11(16)4-6-12/h3-6,9-10,13H,7-8H2,1-2H3,(H,17,19)(H,20,21)/t9-,10?,13-/m1/s1. The maximum atomic E-state index is 12.3. The molecule has 0 aliphatic carbocycles. The van der Waals surface area contributed by atoms with Crippen molar-refractivity contribution in [1.29, 1.82) is 0 Å². The van der Waals surface area contributed by atoms with E-state index in [0.717, 1.165) is 10.2 Å². The van der Waals surface area contributed by atoms with Gasteiger partial charge in [-0.3, -0.25) is 14.5 Å². The first-order valence-corrected chi connectivity index (χ1v) is 7.71. The highest BCUT2D eigenvalue weighted by Gasteiger charge is 2.38. The van der Waals surface area contributed by atoms with E-state index < -0.39 is 11.9 Å². The third-order valence-electron chi connectivity index (χ3n) is 4.00. The summed E-state index contributed by atoms with van der Waals surface area (Å²) in [7, 11) is 0. The number of rotatable bonds is 4. The number of nitrogens with zero attached hydrogens (tertiary/aromatic N) is 1. The molecule has 1 aliphatic rings. The minimum absolute atomic E-state index is 0.0606. The first-order chi connectivity index (χ1) is 9.88. The second kappa shape index (κ2) is 6.58. The van der Waals surface area contributed by atoms with Crippen LogP contribution >= 0.6 is 15.9 Å². The number of halogens is 1. The Balaban J connectivity index is 1.97. The lowest BCUT2D eigenvalue weighted by Crippen LogP contribution is -2.41. The van der Waals surface area contributed by atoms with Crippen molar-refractivity contribution >= 4 is 33.5 Å². The molecule has 0 saturated carbocycles. The molecule has 1 aliphatic heterocycles. The summed E-state index contributed by atoms with van der Waals surface area (Å²) >= 11 is 3.34. The van der Waals surface area contributed by atoms with Crippen molar-refractivity contribution in [3.05, 3.63) is 28.7 Å². The van der Waals surface area contributed by atoms with E-state index in [0.29, 0.717) is 13.1 Å². The van der Waals surface area contributed by atoms with Crippen LogP contribution in [0.2, 0.25) is 0 Å². The third-order valence-corrected chi connectivity index (χ3v) is 4.53. The van der Waals surface area contributed by atoms with Crippen LogP contribution in [0, 0.1) is 11.8 Å². The Morgan fingerprint density at radius 1 is 1.33 bits per heavy atom. The number of nitrogens with one attached hydrogen (secondary N) is 1. The van der Waals surface area contributed by atoms with Crippen LogP contribution in [0.4, 0.5) is 5.69 Å². The first-order valence-electron chi connectivity index (χ1n) is 6.91. The second-order valence-electron chi connectivity index (χ2n) is 5.55. The number of carboxylic acid groups (broad SMARTS) is 1. The molecule has 21 heavy (non-hydrogen) atoms. The number of carbonyl (C=O) groups is 2. The molecule has 1 fully saturated rings. The Kier molecular flexibility index (Phi) is 5.00. The molecule has 0 bridgehead atoms. The second-order valence-corrected chi connectivity index (χ2v) is 6.46. The number of amides is 1. The highest BCUT2D eigenvalue weighted by atomic mass is 79.9. The number of hydrogen-bond donors (Lipinski definition) is 2. The van der Waals surface area contributed by atoms with Crippen LogP contribution < -0.4 is 5.32 Å². The molecule has 1 aromatic carbocycles.